The lowest BCUT2D eigenvalue weighted by Gasteiger charge is -2.24. The van der Waals surface area contributed by atoms with Crippen molar-refractivity contribution >= 4 is 0 Å². The maximum Gasteiger partial charge on any atom is 0.241 e. The highest BCUT2D eigenvalue weighted by Crippen LogP contribution is 2.12. The lowest BCUT2D eigenvalue weighted by atomic mass is 10.4. The van der Waals surface area contributed by atoms with Crippen molar-refractivity contribution in [1.29, 1.82) is 0 Å². The molecule has 0 bridgehead atoms. The Balaban J connectivity index is 1.69. The van der Waals surface area contributed by atoms with Crippen LogP contribution in [0.4, 0.5) is 0 Å². The molecule has 3 heterocycles. The highest BCUT2D eigenvalue weighted by atomic mass is 16.5. The number of aromatic nitrogens is 4. The van der Waals surface area contributed by atoms with Crippen LogP contribution in [0.3, 0.4) is 0 Å². The van der Waals surface area contributed by atoms with E-state index in [2.05, 4.69) is 25.0 Å². The van der Waals surface area contributed by atoms with Crippen LogP contribution in [0.25, 0.3) is 11.5 Å². The summed E-state index contributed by atoms with van der Waals surface area (Å²) in [6.45, 7) is 3.94. The van der Waals surface area contributed by atoms with Crippen molar-refractivity contribution in [2.75, 3.05) is 26.3 Å². The highest BCUT2D eigenvalue weighted by molar-refractivity contribution is 5.45. The van der Waals surface area contributed by atoms with E-state index >= 15 is 0 Å². The van der Waals surface area contributed by atoms with Gasteiger partial charge in [-0.1, -0.05) is 5.16 Å². The molecule has 0 atom stereocenters. The SMILES string of the molecule is c1cnc(-c2noc(CN3CCOCC3)n2)cn1. The van der Waals surface area contributed by atoms with E-state index in [1.54, 1.807) is 18.6 Å². The van der Waals surface area contributed by atoms with Gasteiger partial charge in [0.1, 0.15) is 5.69 Å². The number of ether oxygens (including phenoxy) is 1. The van der Waals surface area contributed by atoms with E-state index in [0.717, 1.165) is 26.3 Å². The molecule has 0 amide bonds. The molecule has 0 radical (unpaired) electrons. The first kappa shape index (κ1) is 11.2. The summed E-state index contributed by atoms with van der Waals surface area (Å²) in [7, 11) is 0. The zero-order valence-corrected chi connectivity index (χ0v) is 9.82. The Morgan fingerprint density at radius 2 is 2.11 bits per heavy atom. The zero-order chi connectivity index (χ0) is 12.2. The molecule has 94 valence electrons. The third-order valence-corrected chi connectivity index (χ3v) is 2.72. The van der Waals surface area contributed by atoms with Gasteiger partial charge < -0.3 is 9.26 Å². The standard InChI is InChI=1S/C11H13N5O2/c1-2-13-9(7-12-1)11-14-10(18-15-11)8-16-3-5-17-6-4-16/h1-2,7H,3-6,8H2. The minimum atomic E-state index is 0.478. The summed E-state index contributed by atoms with van der Waals surface area (Å²) in [5.41, 5.74) is 0.620. The normalized spacial score (nSPS) is 16.9. The second kappa shape index (κ2) is 5.19. The van der Waals surface area contributed by atoms with Crippen molar-refractivity contribution in [3.63, 3.8) is 0 Å². The molecule has 0 aliphatic carbocycles. The number of rotatable bonds is 3. The molecule has 1 aliphatic rings. The van der Waals surface area contributed by atoms with Gasteiger partial charge in [0.15, 0.2) is 0 Å². The third-order valence-electron chi connectivity index (χ3n) is 2.72. The zero-order valence-electron chi connectivity index (χ0n) is 9.82. The Bertz CT molecular complexity index is 495. The summed E-state index contributed by atoms with van der Waals surface area (Å²) in [6.07, 6.45) is 4.83. The van der Waals surface area contributed by atoms with Crippen molar-refractivity contribution in [3.8, 4) is 11.5 Å². The van der Waals surface area contributed by atoms with Crippen molar-refractivity contribution in [2.24, 2.45) is 0 Å². The second-order valence-electron chi connectivity index (χ2n) is 3.99. The van der Waals surface area contributed by atoms with Crippen LogP contribution in [0.15, 0.2) is 23.1 Å². The molecule has 0 unspecified atom stereocenters. The highest BCUT2D eigenvalue weighted by Gasteiger charge is 2.15. The minimum absolute atomic E-state index is 0.478. The molecule has 0 saturated carbocycles. The Labute approximate surface area is 104 Å². The van der Waals surface area contributed by atoms with E-state index in [0.29, 0.717) is 24.0 Å². The average Bonchev–Trinajstić information content (AvgIpc) is 2.89. The number of nitrogens with zero attached hydrogens (tertiary/aromatic N) is 5. The summed E-state index contributed by atoms with van der Waals surface area (Å²) in [5.74, 6) is 1.07. The molecular formula is C11H13N5O2. The maximum atomic E-state index is 5.29. The quantitative estimate of drug-likeness (QED) is 0.774. The van der Waals surface area contributed by atoms with E-state index in [9.17, 15) is 0 Å². The van der Waals surface area contributed by atoms with Crippen molar-refractivity contribution in [3.05, 3.63) is 24.5 Å². The predicted molar refractivity (Wildman–Crippen MR) is 61.4 cm³/mol. The van der Waals surface area contributed by atoms with Gasteiger partial charge in [0, 0.05) is 25.5 Å². The van der Waals surface area contributed by atoms with E-state index < -0.39 is 0 Å². The van der Waals surface area contributed by atoms with Crippen LogP contribution >= 0.6 is 0 Å². The van der Waals surface area contributed by atoms with Crippen LogP contribution < -0.4 is 0 Å². The van der Waals surface area contributed by atoms with Gasteiger partial charge in [-0.2, -0.15) is 4.98 Å². The van der Waals surface area contributed by atoms with Gasteiger partial charge in [0.05, 0.1) is 26.0 Å². The number of morpholine rings is 1. The lowest BCUT2D eigenvalue weighted by Crippen LogP contribution is -2.35. The number of hydrogen-bond acceptors (Lipinski definition) is 7. The molecule has 0 aromatic carbocycles. The van der Waals surface area contributed by atoms with Crippen LogP contribution in [0.2, 0.25) is 0 Å². The fourth-order valence-electron chi connectivity index (χ4n) is 1.79. The molecule has 0 spiro atoms. The van der Waals surface area contributed by atoms with Crippen molar-refractivity contribution in [1.82, 2.24) is 25.0 Å². The molecular weight excluding hydrogens is 234 g/mol. The smallest absolute Gasteiger partial charge is 0.241 e. The summed E-state index contributed by atoms with van der Waals surface area (Å²) in [5, 5.41) is 3.91. The largest absolute Gasteiger partial charge is 0.379 e. The van der Waals surface area contributed by atoms with E-state index in [-0.39, 0.29) is 0 Å². The van der Waals surface area contributed by atoms with Crippen LogP contribution in [-0.4, -0.2) is 51.3 Å². The summed E-state index contributed by atoms with van der Waals surface area (Å²) in [4.78, 5) is 14.6. The van der Waals surface area contributed by atoms with E-state index in [1.165, 1.54) is 0 Å². The first-order chi connectivity index (χ1) is 8.92. The molecule has 3 rings (SSSR count). The van der Waals surface area contributed by atoms with Gasteiger partial charge >= 0.3 is 0 Å². The molecule has 7 heteroatoms. The molecule has 1 saturated heterocycles. The van der Waals surface area contributed by atoms with Gasteiger partial charge in [-0.25, -0.2) is 4.98 Å². The van der Waals surface area contributed by atoms with E-state index in [1.807, 2.05) is 0 Å². The van der Waals surface area contributed by atoms with E-state index in [4.69, 9.17) is 9.26 Å². The topological polar surface area (TPSA) is 77.2 Å². The Morgan fingerprint density at radius 1 is 1.22 bits per heavy atom. The predicted octanol–water partition coefficient (Wildman–Crippen LogP) is 0.359. The summed E-state index contributed by atoms with van der Waals surface area (Å²) < 4.78 is 10.5. The van der Waals surface area contributed by atoms with Gasteiger partial charge in [0.2, 0.25) is 11.7 Å². The fourth-order valence-corrected chi connectivity index (χ4v) is 1.79. The molecule has 2 aromatic rings. The maximum absolute atomic E-state index is 5.29. The van der Waals surface area contributed by atoms with Gasteiger partial charge in [0.25, 0.3) is 0 Å². The van der Waals surface area contributed by atoms with Gasteiger partial charge in [-0.15, -0.1) is 0 Å². The summed E-state index contributed by atoms with van der Waals surface area (Å²) >= 11 is 0. The van der Waals surface area contributed by atoms with Crippen molar-refractivity contribution in [2.45, 2.75) is 6.54 Å². The molecule has 2 aromatic heterocycles. The molecule has 18 heavy (non-hydrogen) atoms. The van der Waals surface area contributed by atoms with Crippen LogP contribution in [0.1, 0.15) is 5.89 Å². The Kier molecular flexibility index (Phi) is 3.24. The lowest BCUT2D eigenvalue weighted by molar-refractivity contribution is 0.0297. The minimum Gasteiger partial charge on any atom is -0.379 e. The monoisotopic (exact) mass is 247 g/mol. The fraction of sp³-hybridized carbons (Fsp3) is 0.455. The van der Waals surface area contributed by atoms with Gasteiger partial charge in [-0.3, -0.25) is 9.88 Å². The molecule has 7 nitrogen and oxygen atoms in total. The molecule has 1 fully saturated rings. The van der Waals surface area contributed by atoms with Crippen LogP contribution in [0.5, 0.6) is 0 Å². The molecule has 1 aliphatic heterocycles. The van der Waals surface area contributed by atoms with Crippen molar-refractivity contribution < 1.29 is 9.26 Å². The summed E-state index contributed by atoms with van der Waals surface area (Å²) in [6, 6.07) is 0. The molecule has 0 N–H and O–H groups in total. The number of hydrogen-bond donors (Lipinski definition) is 0. The third kappa shape index (κ3) is 2.52. The van der Waals surface area contributed by atoms with Crippen LogP contribution in [-0.2, 0) is 11.3 Å². The Morgan fingerprint density at radius 3 is 2.89 bits per heavy atom. The second-order valence-corrected chi connectivity index (χ2v) is 3.99. The first-order valence-electron chi connectivity index (χ1n) is 5.81. The average molecular weight is 247 g/mol. The van der Waals surface area contributed by atoms with Crippen LogP contribution in [0, 0.1) is 0 Å². The first-order valence-corrected chi connectivity index (χ1v) is 5.81. The van der Waals surface area contributed by atoms with Gasteiger partial charge in [-0.05, 0) is 0 Å². The Hall–Kier alpha value is -1.86.